The molecule has 3 heteroatoms. The molecular formula is C18H33N3. The van der Waals surface area contributed by atoms with Crippen LogP contribution in [0.1, 0.15) is 71.5 Å². The molecule has 3 nitrogen and oxygen atoms in total. The second-order valence-corrected chi connectivity index (χ2v) is 7.64. The summed E-state index contributed by atoms with van der Waals surface area (Å²) < 4.78 is 2.09. The Balaban J connectivity index is 2.00. The van der Waals surface area contributed by atoms with Crippen LogP contribution in [0, 0.1) is 11.3 Å². The summed E-state index contributed by atoms with van der Waals surface area (Å²) in [5.74, 6) is 0.728. The molecule has 21 heavy (non-hydrogen) atoms. The van der Waals surface area contributed by atoms with Crippen molar-refractivity contribution in [3.63, 3.8) is 0 Å². The number of nitrogens with one attached hydrogen (secondary N) is 1. The maximum absolute atomic E-state index is 4.78. The van der Waals surface area contributed by atoms with E-state index in [1.54, 1.807) is 0 Å². The first-order chi connectivity index (χ1) is 10.0. The van der Waals surface area contributed by atoms with E-state index in [1.165, 1.54) is 37.8 Å². The predicted molar refractivity (Wildman–Crippen MR) is 89.5 cm³/mol. The van der Waals surface area contributed by atoms with Crippen molar-refractivity contribution in [3.05, 3.63) is 18.0 Å². The molecular weight excluding hydrogens is 258 g/mol. The summed E-state index contributed by atoms with van der Waals surface area (Å²) in [4.78, 5) is 0. The minimum Gasteiger partial charge on any atom is -0.316 e. The van der Waals surface area contributed by atoms with E-state index < -0.39 is 0 Å². The molecule has 0 aromatic carbocycles. The van der Waals surface area contributed by atoms with Crippen LogP contribution in [0.3, 0.4) is 0 Å². The first kappa shape index (κ1) is 16.5. The Kier molecular flexibility index (Phi) is 5.86. The smallest absolute Gasteiger partial charge is 0.0630 e. The molecule has 0 bridgehead atoms. The fourth-order valence-corrected chi connectivity index (χ4v) is 3.49. The van der Waals surface area contributed by atoms with Gasteiger partial charge in [0.2, 0.25) is 0 Å². The lowest BCUT2D eigenvalue weighted by Gasteiger charge is -2.37. The predicted octanol–water partition coefficient (Wildman–Crippen LogP) is 4.20. The van der Waals surface area contributed by atoms with Crippen LogP contribution in [0.25, 0.3) is 0 Å². The first-order valence-corrected chi connectivity index (χ1v) is 8.75. The van der Waals surface area contributed by atoms with Gasteiger partial charge in [-0.3, -0.25) is 4.68 Å². The zero-order valence-corrected chi connectivity index (χ0v) is 14.4. The van der Waals surface area contributed by atoms with Crippen molar-refractivity contribution in [2.75, 3.05) is 13.1 Å². The van der Waals surface area contributed by atoms with Gasteiger partial charge in [0.15, 0.2) is 0 Å². The maximum Gasteiger partial charge on any atom is 0.0630 e. The third kappa shape index (κ3) is 4.84. The number of rotatable bonds is 7. The third-order valence-electron chi connectivity index (χ3n) is 4.72. The highest BCUT2D eigenvalue weighted by atomic mass is 15.3. The van der Waals surface area contributed by atoms with E-state index >= 15 is 0 Å². The topological polar surface area (TPSA) is 29.9 Å². The van der Waals surface area contributed by atoms with E-state index in [0.717, 1.165) is 25.4 Å². The molecule has 0 radical (unpaired) electrons. The van der Waals surface area contributed by atoms with Crippen molar-refractivity contribution < 1.29 is 0 Å². The van der Waals surface area contributed by atoms with Gasteiger partial charge in [0.25, 0.3) is 0 Å². The van der Waals surface area contributed by atoms with Gasteiger partial charge in [-0.25, -0.2) is 0 Å². The van der Waals surface area contributed by atoms with Gasteiger partial charge in [-0.1, -0.05) is 33.1 Å². The molecule has 2 rings (SSSR count). The molecule has 1 aromatic heterocycles. The number of aromatic nitrogens is 2. The van der Waals surface area contributed by atoms with Crippen LogP contribution in [-0.4, -0.2) is 22.9 Å². The molecule has 1 fully saturated rings. The fourth-order valence-electron chi connectivity index (χ4n) is 3.49. The summed E-state index contributed by atoms with van der Waals surface area (Å²) in [5, 5.41) is 8.49. The fraction of sp³-hybridized carbons (Fsp3) is 0.833. The Labute approximate surface area is 130 Å². The van der Waals surface area contributed by atoms with E-state index in [9.17, 15) is 0 Å². The van der Waals surface area contributed by atoms with Gasteiger partial charge in [0, 0.05) is 18.8 Å². The minimum absolute atomic E-state index is 0.434. The van der Waals surface area contributed by atoms with E-state index in [1.807, 2.05) is 0 Å². The lowest BCUT2D eigenvalue weighted by molar-refractivity contribution is 0.177. The maximum atomic E-state index is 4.78. The highest BCUT2D eigenvalue weighted by Gasteiger charge is 2.32. The molecule has 120 valence electrons. The number of hydrogen-bond acceptors (Lipinski definition) is 2. The molecule has 0 unspecified atom stereocenters. The highest BCUT2D eigenvalue weighted by molar-refractivity contribution is 5.05. The van der Waals surface area contributed by atoms with Crippen LogP contribution in [0.5, 0.6) is 0 Å². The molecule has 0 aliphatic heterocycles. The van der Waals surface area contributed by atoms with Crippen LogP contribution in [-0.2, 0) is 6.42 Å². The summed E-state index contributed by atoms with van der Waals surface area (Å²) in [7, 11) is 0. The number of nitrogens with zero attached hydrogens (tertiary/aromatic N) is 2. The van der Waals surface area contributed by atoms with Gasteiger partial charge < -0.3 is 5.32 Å². The highest BCUT2D eigenvalue weighted by Crippen LogP contribution is 2.38. The van der Waals surface area contributed by atoms with E-state index in [2.05, 4.69) is 50.0 Å². The van der Waals surface area contributed by atoms with Crippen molar-refractivity contribution in [3.8, 4) is 0 Å². The largest absolute Gasteiger partial charge is 0.316 e. The molecule has 1 aromatic rings. The average Bonchev–Trinajstić information content (AvgIpc) is 2.88. The van der Waals surface area contributed by atoms with Gasteiger partial charge in [-0.15, -0.1) is 0 Å². The molecule has 0 amide bonds. The number of hydrogen-bond donors (Lipinski definition) is 1. The van der Waals surface area contributed by atoms with Crippen molar-refractivity contribution in [2.24, 2.45) is 11.3 Å². The second kappa shape index (κ2) is 7.44. The Bertz CT molecular complexity index is 414. The van der Waals surface area contributed by atoms with Crippen LogP contribution in [0.15, 0.2) is 12.3 Å². The SMILES string of the molecule is CC(C)CNCC1(Cc2ccn(C(C)C)n2)CCCCC1. The summed E-state index contributed by atoms with van der Waals surface area (Å²) in [5.41, 5.74) is 1.71. The molecule has 0 saturated heterocycles. The Hall–Kier alpha value is -0.830. The van der Waals surface area contributed by atoms with Gasteiger partial charge in [-0.05, 0) is 57.1 Å². The summed E-state index contributed by atoms with van der Waals surface area (Å²) in [6, 6.07) is 2.68. The normalized spacial score (nSPS) is 18.6. The third-order valence-corrected chi connectivity index (χ3v) is 4.72. The molecule has 1 heterocycles. The molecule has 1 aliphatic carbocycles. The van der Waals surface area contributed by atoms with Gasteiger partial charge in [0.1, 0.15) is 0 Å². The zero-order valence-electron chi connectivity index (χ0n) is 14.4. The second-order valence-electron chi connectivity index (χ2n) is 7.64. The Morgan fingerprint density at radius 3 is 2.48 bits per heavy atom. The van der Waals surface area contributed by atoms with Crippen LogP contribution >= 0.6 is 0 Å². The van der Waals surface area contributed by atoms with Crippen LogP contribution < -0.4 is 5.32 Å². The zero-order chi connectivity index (χ0) is 15.3. The van der Waals surface area contributed by atoms with Crippen LogP contribution in [0.4, 0.5) is 0 Å². The van der Waals surface area contributed by atoms with Crippen molar-refractivity contribution in [1.82, 2.24) is 15.1 Å². The average molecular weight is 291 g/mol. The van der Waals surface area contributed by atoms with Gasteiger partial charge >= 0.3 is 0 Å². The Morgan fingerprint density at radius 2 is 1.90 bits per heavy atom. The van der Waals surface area contributed by atoms with Crippen molar-refractivity contribution >= 4 is 0 Å². The van der Waals surface area contributed by atoms with Gasteiger partial charge in [0.05, 0.1) is 5.69 Å². The molecule has 0 spiro atoms. The molecule has 0 atom stereocenters. The minimum atomic E-state index is 0.434. The summed E-state index contributed by atoms with van der Waals surface area (Å²) in [6.45, 7) is 11.2. The first-order valence-electron chi connectivity index (χ1n) is 8.75. The molecule has 1 saturated carbocycles. The standard InChI is InChI=1S/C18H33N3/c1-15(2)13-19-14-18(9-6-5-7-10-18)12-17-8-11-21(20-17)16(3)4/h8,11,15-16,19H,5-7,9-10,12-14H2,1-4H3. The molecule has 1 N–H and O–H groups in total. The quantitative estimate of drug-likeness (QED) is 0.816. The monoisotopic (exact) mass is 291 g/mol. The van der Waals surface area contributed by atoms with E-state index in [-0.39, 0.29) is 0 Å². The Morgan fingerprint density at radius 1 is 1.19 bits per heavy atom. The molecule has 1 aliphatic rings. The van der Waals surface area contributed by atoms with Crippen molar-refractivity contribution in [1.29, 1.82) is 0 Å². The summed E-state index contributed by atoms with van der Waals surface area (Å²) >= 11 is 0. The lowest BCUT2D eigenvalue weighted by Crippen LogP contribution is -2.39. The van der Waals surface area contributed by atoms with E-state index in [4.69, 9.17) is 5.10 Å². The van der Waals surface area contributed by atoms with Crippen LogP contribution in [0.2, 0.25) is 0 Å². The lowest BCUT2D eigenvalue weighted by atomic mass is 9.71. The van der Waals surface area contributed by atoms with E-state index in [0.29, 0.717) is 11.5 Å². The van der Waals surface area contributed by atoms with Gasteiger partial charge in [-0.2, -0.15) is 5.10 Å². The summed E-state index contributed by atoms with van der Waals surface area (Å²) in [6.07, 6.45) is 10.2. The van der Waals surface area contributed by atoms with Crippen molar-refractivity contribution in [2.45, 2.75) is 72.3 Å².